The Morgan fingerprint density at radius 2 is 1.75 bits per heavy atom. The van der Waals surface area contributed by atoms with E-state index in [2.05, 4.69) is 25.6 Å². The van der Waals surface area contributed by atoms with Crippen LogP contribution in [0, 0.1) is 0 Å². The summed E-state index contributed by atoms with van der Waals surface area (Å²) in [5.41, 5.74) is 0.598. The molecule has 3 rings (SSSR count). The predicted molar refractivity (Wildman–Crippen MR) is 81.9 cm³/mol. The largest absolute Gasteiger partial charge is 0.573 e. The highest BCUT2D eigenvalue weighted by molar-refractivity contribution is 6.05. The summed E-state index contributed by atoms with van der Waals surface area (Å²) in [6.45, 7) is 0. The number of nitrogens with one attached hydrogen (secondary N) is 3. The summed E-state index contributed by atoms with van der Waals surface area (Å²) in [5.74, 6) is -0.246. The van der Waals surface area contributed by atoms with Gasteiger partial charge in [0.25, 0.3) is 0 Å². The molecular weight excluding hydrogens is 325 g/mol. The topological polar surface area (TPSA) is 79.0 Å². The van der Waals surface area contributed by atoms with E-state index in [1.165, 1.54) is 18.2 Å². The summed E-state index contributed by atoms with van der Waals surface area (Å²) in [6.07, 6.45) is -4.85. The van der Waals surface area contributed by atoms with Crippen LogP contribution in [0.4, 0.5) is 29.5 Å². The van der Waals surface area contributed by atoms with Crippen molar-refractivity contribution in [3.05, 3.63) is 48.5 Å². The zero-order valence-electron chi connectivity index (χ0n) is 12.0. The highest BCUT2D eigenvalue weighted by Crippen LogP contribution is 2.30. The molecule has 0 atom stereocenters. The molecule has 0 spiro atoms. The molecule has 0 fully saturated rings. The van der Waals surface area contributed by atoms with E-state index in [9.17, 15) is 18.0 Å². The van der Waals surface area contributed by atoms with Crippen LogP contribution in [0.15, 0.2) is 48.5 Å². The Morgan fingerprint density at radius 1 is 1.04 bits per heavy atom. The molecule has 3 N–H and O–H groups in total. The molecule has 1 heterocycles. The molecule has 2 aromatic carbocycles. The monoisotopic (exact) mass is 336 g/mol. The van der Waals surface area contributed by atoms with Gasteiger partial charge in [-0.3, -0.25) is 10.4 Å². The molecule has 3 aromatic rings. The number of anilines is 2. The van der Waals surface area contributed by atoms with Crippen LogP contribution < -0.4 is 15.4 Å². The van der Waals surface area contributed by atoms with Crippen LogP contribution in [0.3, 0.4) is 0 Å². The number of H-pyrrole nitrogens is 1. The maximum atomic E-state index is 12.4. The van der Waals surface area contributed by atoms with Crippen LogP contribution in [0.2, 0.25) is 0 Å². The average Bonchev–Trinajstić information content (AvgIpc) is 2.91. The number of hydrogen-bond donors (Lipinski definition) is 3. The normalized spacial score (nSPS) is 11.3. The third-order valence-corrected chi connectivity index (χ3v) is 3.06. The fraction of sp³-hybridized carbons (Fsp3) is 0.0667. The lowest BCUT2D eigenvalue weighted by atomic mass is 10.2. The molecule has 2 amide bonds. The first kappa shape index (κ1) is 15.7. The molecule has 0 aliphatic rings. The second-order valence-electron chi connectivity index (χ2n) is 4.74. The fourth-order valence-corrected chi connectivity index (χ4v) is 2.10. The molecule has 0 unspecified atom stereocenters. The molecule has 0 bridgehead atoms. The molecular formula is C15H11F3N4O2. The molecule has 0 saturated heterocycles. The molecule has 0 radical (unpaired) electrons. The second-order valence-corrected chi connectivity index (χ2v) is 4.74. The molecule has 0 aliphatic carbocycles. The number of fused-ring (bicyclic) bond motifs is 1. The smallest absolute Gasteiger partial charge is 0.404 e. The first-order valence-electron chi connectivity index (χ1n) is 6.78. The van der Waals surface area contributed by atoms with Crippen molar-refractivity contribution in [2.24, 2.45) is 0 Å². The van der Waals surface area contributed by atoms with Crippen molar-refractivity contribution in [1.29, 1.82) is 0 Å². The lowest BCUT2D eigenvalue weighted by Crippen LogP contribution is -2.22. The van der Waals surface area contributed by atoms with E-state index in [-0.39, 0.29) is 11.5 Å². The zero-order chi connectivity index (χ0) is 17.2. The Kier molecular flexibility index (Phi) is 3.98. The number of halogens is 3. The van der Waals surface area contributed by atoms with Gasteiger partial charge < -0.3 is 10.1 Å². The van der Waals surface area contributed by atoms with E-state index in [4.69, 9.17) is 0 Å². The van der Waals surface area contributed by atoms with Crippen molar-refractivity contribution in [3.63, 3.8) is 0 Å². The van der Waals surface area contributed by atoms with Crippen LogP contribution >= 0.6 is 0 Å². The Morgan fingerprint density at radius 3 is 2.54 bits per heavy atom. The maximum absolute atomic E-state index is 12.4. The number of carbonyl (C=O) groups is 1. The Labute approximate surface area is 133 Å². The van der Waals surface area contributed by atoms with Crippen molar-refractivity contribution >= 4 is 28.4 Å². The van der Waals surface area contributed by atoms with Crippen molar-refractivity contribution in [1.82, 2.24) is 10.2 Å². The Balaban J connectivity index is 1.76. The summed E-state index contributed by atoms with van der Waals surface area (Å²) in [4.78, 5) is 12.0. The number of aromatic nitrogens is 2. The van der Waals surface area contributed by atoms with Crippen molar-refractivity contribution in [2.75, 3.05) is 10.6 Å². The van der Waals surface area contributed by atoms with Gasteiger partial charge in [0.05, 0.1) is 11.2 Å². The zero-order valence-corrected chi connectivity index (χ0v) is 12.0. The van der Waals surface area contributed by atoms with Gasteiger partial charge >= 0.3 is 12.4 Å². The Bertz CT molecular complexity index is 876. The van der Waals surface area contributed by atoms with E-state index in [0.717, 1.165) is 6.07 Å². The molecule has 6 nitrogen and oxygen atoms in total. The number of carbonyl (C=O) groups excluding carboxylic acids is 1. The summed E-state index contributed by atoms with van der Waals surface area (Å²) >= 11 is 0. The highest BCUT2D eigenvalue weighted by atomic mass is 19.4. The van der Waals surface area contributed by atoms with E-state index in [1.54, 1.807) is 24.3 Å². The van der Waals surface area contributed by atoms with Crippen LogP contribution in [0.25, 0.3) is 10.9 Å². The minimum Gasteiger partial charge on any atom is -0.404 e. The number of nitrogens with zero attached hydrogens (tertiary/aromatic N) is 1. The molecule has 124 valence electrons. The number of rotatable bonds is 3. The van der Waals surface area contributed by atoms with E-state index in [1.807, 2.05) is 0 Å². The Hall–Kier alpha value is -3.23. The molecule has 0 aliphatic heterocycles. The summed E-state index contributed by atoms with van der Waals surface area (Å²) < 4.78 is 41.0. The van der Waals surface area contributed by atoms with Crippen molar-refractivity contribution in [2.45, 2.75) is 6.36 Å². The van der Waals surface area contributed by atoms with Crippen LogP contribution in [-0.4, -0.2) is 22.6 Å². The average molecular weight is 336 g/mol. The van der Waals surface area contributed by atoms with Gasteiger partial charge in [-0.15, -0.1) is 13.2 Å². The number of aromatic amines is 1. The fourth-order valence-electron chi connectivity index (χ4n) is 2.10. The summed E-state index contributed by atoms with van der Waals surface area (Å²) in [6, 6.07) is 11.6. The van der Waals surface area contributed by atoms with Crippen molar-refractivity contribution in [3.8, 4) is 5.75 Å². The van der Waals surface area contributed by atoms with Gasteiger partial charge in [0, 0.05) is 5.39 Å². The quantitative estimate of drug-likeness (QED) is 0.673. The minimum absolute atomic E-state index is 0.118. The first-order chi connectivity index (χ1) is 11.4. The lowest BCUT2D eigenvalue weighted by Gasteiger charge is -2.13. The third kappa shape index (κ3) is 3.57. The number of benzene rings is 2. The van der Waals surface area contributed by atoms with Gasteiger partial charge in [0.1, 0.15) is 0 Å². The van der Waals surface area contributed by atoms with Crippen LogP contribution in [0.1, 0.15) is 0 Å². The van der Waals surface area contributed by atoms with Gasteiger partial charge in [0.2, 0.25) is 0 Å². The standard InChI is InChI=1S/C15H11F3N4O2/c16-15(17,18)24-12-8-4-3-7-11(12)19-14(23)20-13-9-5-1-2-6-10(9)21-22-13/h1-8H,(H3,19,20,21,22,23). The molecule has 1 aromatic heterocycles. The third-order valence-electron chi connectivity index (χ3n) is 3.06. The summed E-state index contributed by atoms with van der Waals surface area (Å²) in [7, 11) is 0. The second kappa shape index (κ2) is 6.11. The maximum Gasteiger partial charge on any atom is 0.573 e. The van der Waals surface area contributed by atoms with Gasteiger partial charge in [-0.05, 0) is 24.3 Å². The number of hydrogen-bond acceptors (Lipinski definition) is 3. The van der Waals surface area contributed by atoms with Crippen LogP contribution in [-0.2, 0) is 0 Å². The predicted octanol–water partition coefficient (Wildman–Crippen LogP) is 4.11. The number of ether oxygens (including phenoxy) is 1. The summed E-state index contributed by atoms with van der Waals surface area (Å²) in [5, 5.41) is 12.1. The van der Waals surface area contributed by atoms with E-state index in [0.29, 0.717) is 10.9 Å². The number of para-hydroxylation sites is 3. The number of alkyl halides is 3. The van der Waals surface area contributed by atoms with Gasteiger partial charge in [-0.2, -0.15) is 5.10 Å². The van der Waals surface area contributed by atoms with Crippen molar-refractivity contribution < 1.29 is 22.7 Å². The first-order valence-corrected chi connectivity index (χ1v) is 6.78. The SMILES string of the molecule is O=C(Nc1ccccc1OC(F)(F)F)Nc1n[nH]c2ccccc12. The van der Waals surface area contributed by atoms with Crippen LogP contribution in [0.5, 0.6) is 5.75 Å². The van der Waals surface area contributed by atoms with E-state index >= 15 is 0 Å². The molecule has 0 saturated carbocycles. The lowest BCUT2D eigenvalue weighted by molar-refractivity contribution is -0.274. The van der Waals surface area contributed by atoms with Gasteiger partial charge in [0.15, 0.2) is 11.6 Å². The number of urea groups is 1. The minimum atomic E-state index is -4.85. The molecule has 24 heavy (non-hydrogen) atoms. The van der Waals surface area contributed by atoms with E-state index < -0.39 is 18.1 Å². The molecule has 9 heteroatoms. The highest BCUT2D eigenvalue weighted by Gasteiger charge is 2.32. The number of amides is 2. The van der Waals surface area contributed by atoms with Gasteiger partial charge in [-0.1, -0.05) is 24.3 Å². The van der Waals surface area contributed by atoms with Gasteiger partial charge in [-0.25, -0.2) is 4.79 Å².